The van der Waals surface area contributed by atoms with E-state index in [2.05, 4.69) is 15.6 Å². The summed E-state index contributed by atoms with van der Waals surface area (Å²) in [6.07, 6.45) is 0. The van der Waals surface area contributed by atoms with Crippen molar-refractivity contribution < 1.29 is 4.79 Å². The van der Waals surface area contributed by atoms with Gasteiger partial charge in [0.05, 0.1) is 5.11 Å². The molecule has 0 amide bonds. The van der Waals surface area contributed by atoms with E-state index < -0.39 is 0 Å². The van der Waals surface area contributed by atoms with E-state index in [1.165, 1.54) is 0 Å². The lowest BCUT2D eigenvalue weighted by Gasteiger charge is -1.54. The minimum Gasteiger partial charge on any atom is -0.270 e. The Labute approximate surface area is 33.9 Å². The molecule has 5 heteroatoms. The molecule has 5 nitrogen and oxygen atoms in total. The molecule has 0 atom stereocenters. The van der Waals surface area contributed by atoms with Gasteiger partial charge in [0, 0.05) is 0 Å². The van der Waals surface area contributed by atoms with Gasteiger partial charge in [-0.3, -0.25) is 5.73 Å². The van der Waals surface area contributed by atoms with Crippen LogP contribution >= 0.6 is 0 Å². The highest BCUT2D eigenvalue weighted by Crippen LogP contribution is 1.50. The molecular formula is CH4N5+. The van der Waals surface area contributed by atoms with Gasteiger partial charge in [0.15, 0.2) is 0 Å². The smallest absolute Gasteiger partial charge is 0.270 e. The number of nitrogens with zero attached hydrogens (tertiary/aromatic N) is 2. The molecule has 0 aliphatic rings. The summed E-state index contributed by atoms with van der Waals surface area (Å²) >= 11 is 0. The molecule has 0 aliphatic carbocycles. The molecule has 0 radical (unpaired) electrons. The van der Waals surface area contributed by atoms with E-state index in [1.54, 1.807) is 0 Å². The summed E-state index contributed by atoms with van der Waals surface area (Å²) in [7, 11) is 0. The van der Waals surface area contributed by atoms with Gasteiger partial charge in [-0.25, -0.2) is 0 Å². The maximum atomic E-state index is 6.06. The maximum Gasteiger partial charge on any atom is 0.523 e. The van der Waals surface area contributed by atoms with E-state index in [1.807, 2.05) is 0 Å². The first-order valence-corrected chi connectivity index (χ1v) is 1.18. The zero-order chi connectivity index (χ0) is 4.99. The topological polar surface area (TPSA) is 100 Å². The van der Waals surface area contributed by atoms with Crippen LogP contribution in [-0.2, 0) is 0 Å². The van der Waals surface area contributed by atoms with Crippen LogP contribution in [0.25, 0.3) is 0 Å². The molecule has 0 aliphatic heterocycles. The Morgan fingerprint density at radius 1 is 1.83 bits per heavy atom. The van der Waals surface area contributed by atoms with E-state index in [9.17, 15) is 0 Å². The van der Waals surface area contributed by atoms with E-state index >= 15 is 0 Å². The van der Waals surface area contributed by atoms with Crippen molar-refractivity contribution in [1.82, 2.24) is 0 Å². The van der Waals surface area contributed by atoms with Gasteiger partial charge in [0.25, 0.3) is 0 Å². The molecule has 0 heterocycles. The molecule has 0 bridgehead atoms. The molecule has 0 aromatic rings. The van der Waals surface area contributed by atoms with Crippen molar-refractivity contribution >= 4 is 5.96 Å². The largest absolute Gasteiger partial charge is 0.523 e. The molecular weight excluding hydrogens is 82.0 g/mol. The van der Waals surface area contributed by atoms with Gasteiger partial charge >= 0.3 is 5.96 Å². The Kier molecular flexibility index (Phi) is 1.63. The quantitative estimate of drug-likeness (QED) is 0.158. The monoisotopic (exact) mass is 86.0 g/mol. The molecule has 0 saturated carbocycles. The van der Waals surface area contributed by atoms with E-state index in [0.717, 1.165) is 0 Å². The molecule has 0 aromatic heterocycles. The van der Waals surface area contributed by atoms with Gasteiger partial charge < -0.3 is 0 Å². The first-order chi connectivity index (χ1) is 2.81. The van der Waals surface area contributed by atoms with Gasteiger partial charge in [-0.05, 0) is 0 Å². The standard InChI is InChI=1S/CH3N5/c2-1(5-3)6-4/h2-4H/p+1. The van der Waals surface area contributed by atoms with Gasteiger partial charge in [-0.1, -0.05) is 5.53 Å². The Hall–Kier alpha value is -1.22. The molecule has 0 fully saturated rings. The molecule has 32 valence electrons. The summed E-state index contributed by atoms with van der Waals surface area (Å²) in [5.41, 5.74) is 16.8. The predicted octanol–water partition coefficient (Wildman–Crippen LogP) is -0.429. The van der Waals surface area contributed by atoms with Crippen LogP contribution in [0.1, 0.15) is 0 Å². The van der Waals surface area contributed by atoms with Crippen molar-refractivity contribution in [2.45, 2.75) is 0 Å². The summed E-state index contributed by atoms with van der Waals surface area (Å²) < 4.78 is 0. The van der Waals surface area contributed by atoms with Crippen molar-refractivity contribution in [2.75, 3.05) is 0 Å². The zero-order valence-electron chi connectivity index (χ0n) is 2.97. The fraction of sp³-hybridized carbons (Fsp3) is 0. The average Bonchev–Trinajstić information content (AvgIpc) is 1.65. The number of nitrogens with one attached hydrogen (secondary N) is 2. The third-order valence-corrected chi connectivity index (χ3v) is 0.229. The fourth-order valence-corrected chi connectivity index (χ4v) is 0.0250. The number of nitrogens with two attached hydrogens (primary N) is 1. The third-order valence-electron chi connectivity index (χ3n) is 0.229. The van der Waals surface area contributed by atoms with Crippen LogP contribution in [0.5, 0.6) is 0 Å². The van der Waals surface area contributed by atoms with Crippen LogP contribution in [0.15, 0.2) is 5.11 Å². The van der Waals surface area contributed by atoms with E-state index in [-0.39, 0.29) is 5.96 Å². The second-order valence-corrected chi connectivity index (χ2v) is 0.582. The lowest BCUT2D eigenvalue weighted by Crippen LogP contribution is -2.06. The minimum absolute atomic E-state index is 0.324. The average molecular weight is 86.1 g/mol. The summed E-state index contributed by atoms with van der Waals surface area (Å²) in [4.78, 5) is 2.60. The molecule has 6 heavy (non-hydrogen) atoms. The number of hydrogen-bond acceptors (Lipinski definition) is 2. The molecule has 0 saturated heterocycles. The van der Waals surface area contributed by atoms with Crippen molar-refractivity contribution in [3.63, 3.8) is 0 Å². The molecule has 0 aromatic carbocycles. The third kappa shape index (κ3) is 1.14. The summed E-state index contributed by atoms with van der Waals surface area (Å²) in [5.74, 6) is -0.324. The lowest BCUT2D eigenvalue weighted by molar-refractivity contribution is -0.122. The fourth-order valence-electron chi connectivity index (χ4n) is 0.0250. The summed E-state index contributed by atoms with van der Waals surface area (Å²) in [6.45, 7) is 0. The van der Waals surface area contributed by atoms with Crippen molar-refractivity contribution in [3.05, 3.63) is 0 Å². The molecule has 0 rings (SSSR count). The van der Waals surface area contributed by atoms with Crippen LogP contribution in [0.4, 0.5) is 0 Å². The molecule has 4 N–H and O–H groups in total. The van der Waals surface area contributed by atoms with Crippen molar-refractivity contribution in [1.29, 1.82) is 11.1 Å². The van der Waals surface area contributed by atoms with Gasteiger partial charge in [-0.2, -0.15) is 0 Å². The van der Waals surface area contributed by atoms with Crippen LogP contribution in [0.2, 0.25) is 0 Å². The summed E-state index contributed by atoms with van der Waals surface area (Å²) in [5, 5.41) is 2.60. The Morgan fingerprint density at radius 3 is 2.33 bits per heavy atom. The lowest BCUT2D eigenvalue weighted by atomic mass is 11.1. The van der Waals surface area contributed by atoms with Crippen LogP contribution in [0.3, 0.4) is 0 Å². The van der Waals surface area contributed by atoms with Crippen molar-refractivity contribution in [3.8, 4) is 0 Å². The summed E-state index contributed by atoms with van der Waals surface area (Å²) in [6, 6.07) is 0. The first-order valence-electron chi connectivity index (χ1n) is 1.18. The number of guanidine groups is 1. The normalized spacial score (nSPS) is 6.00. The number of hydrogen-bond donors (Lipinski definition) is 3. The highest BCUT2D eigenvalue weighted by atomic mass is 15.1. The van der Waals surface area contributed by atoms with Crippen molar-refractivity contribution in [2.24, 2.45) is 10.8 Å². The Balaban J connectivity index is 3.86. The van der Waals surface area contributed by atoms with Gasteiger partial charge in [-0.15, -0.1) is 10.3 Å². The van der Waals surface area contributed by atoms with Crippen LogP contribution in [-0.4, -0.2) is 10.7 Å². The predicted molar refractivity (Wildman–Crippen MR) is 17.3 cm³/mol. The van der Waals surface area contributed by atoms with E-state index in [4.69, 9.17) is 11.1 Å². The Bertz CT molecular complexity index is 96.5. The second kappa shape index (κ2) is 2.04. The Morgan fingerprint density at radius 2 is 2.33 bits per heavy atom. The molecule has 0 unspecified atom stereocenters. The van der Waals surface area contributed by atoms with E-state index in [0.29, 0.717) is 0 Å². The number of rotatable bonds is 0. The first kappa shape index (κ1) is 4.78. The molecule has 0 spiro atoms. The second-order valence-electron chi connectivity index (χ2n) is 0.582. The van der Waals surface area contributed by atoms with Crippen LogP contribution in [0, 0.1) is 11.1 Å². The highest BCUT2D eigenvalue weighted by Gasteiger charge is 1.90. The highest BCUT2D eigenvalue weighted by molar-refractivity contribution is 5.71. The van der Waals surface area contributed by atoms with Gasteiger partial charge in [0.2, 0.25) is 0 Å². The van der Waals surface area contributed by atoms with Crippen LogP contribution < -0.4 is 5.73 Å². The van der Waals surface area contributed by atoms with Gasteiger partial charge in [0.1, 0.15) is 0 Å². The zero-order valence-corrected chi connectivity index (χ0v) is 2.97. The minimum atomic E-state index is -0.324. The maximum absolute atomic E-state index is 6.06. The SMILES string of the molecule is N=NC(N)=[N+]=N.